The van der Waals surface area contributed by atoms with Crippen LogP contribution < -0.4 is 5.32 Å². The minimum atomic E-state index is -0.612. The molecule has 1 aromatic carbocycles. The Bertz CT molecular complexity index is 661. The van der Waals surface area contributed by atoms with Gasteiger partial charge in [-0.2, -0.15) is 5.10 Å². The van der Waals surface area contributed by atoms with E-state index >= 15 is 0 Å². The largest absolute Gasteiger partial charge is 0.391 e. The van der Waals surface area contributed by atoms with Crippen molar-refractivity contribution < 1.29 is 9.90 Å². The molecule has 2 rings (SSSR count). The third kappa shape index (κ3) is 4.08. The van der Waals surface area contributed by atoms with E-state index < -0.39 is 6.10 Å². The lowest BCUT2D eigenvalue weighted by Crippen LogP contribution is -2.39. The van der Waals surface area contributed by atoms with Crippen LogP contribution in [-0.2, 0) is 0 Å². The van der Waals surface area contributed by atoms with E-state index in [1.165, 1.54) is 6.20 Å². The number of halogens is 1. The molecule has 22 heavy (non-hydrogen) atoms. The SMILES string of the molecule is CC(C)(C)C(O)CNC(=O)c1cnn(-c2cccc(Cl)c2)c1. The predicted molar refractivity (Wildman–Crippen MR) is 86.4 cm³/mol. The Morgan fingerprint density at radius 2 is 2.18 bits per heavy atom. The molecule has 2 aromatic rings. The van der Waals surface area contributed by atoms with Gasteiger partial charge in [0.05, 0.1) is 23.6 Å². The summed E-state index contributed by atoms with van der Waals surface area (Å²) < 4.78 is 1.58. The quantitative estimate of drug-likeness (QED) is 0.909. The van der Waals surface area contributed by atoms with Crippen molar-refractivity contribution in [2.24, 2.45) is 5.41 Å². The molecule has 1 unspecified atom stereocenters. The molecule has 0 radical (unpaired) electrons. The monoisotopic (exact) mass is 321 g/mol. The minimum absolute atomic E-state index is 0.199. The van der Waals surface area contributed by atoms with E-state index in [0.717, 1.165) is 5.69 Å². The zero-order valence-electron chi connectivity index (χ0n) is 12.9. The highest BCUT2D eigenvalue weighted by Gasteiger charge is 2.22. The van der Waals surface area contributed by atoms with E-state index in [0.29, 0.717) is 10.6 Å². The molecule has 1 amide bonds. The fourth-order valence-corrected chi connectivity index (χ4v) is 1.98. The Morgan fingerprint density at radius 3 is 2.82 bits per heavy atom. The van der Waals surface area contributed by atoms with Gasteiger partial charge in [0.15, 0.2) is 0 Å². The summed E-state index contributed by atoms with van der Waals surface area (Å²) in [5.41, 5.74) is 0.931. The first-order valence-electron chi connectivity index (χ1n) is 7.04. The van der Waals surface area contributed by atoms with Crippen LogP contribution >= 0.6 is 11.6 Å². The van der Waals surface area contributed by atoms with Gasteiger partial charge in [0.2, 0.25) is 0 Å². The maximum Gasteiger partial charge on any atom is 0.254 e. The lowest BCUT2D eigenvalue weighted by molar-refractivity contribution is 0.0587. The van der Waals surface area contributed by atoms with Crippen LogP contribution in [0.4, 0.5) is 0 Å². The van der Waals surface area contributed by atoms with Crippen molar-refractivity contribution in [1.29, 1.82) is 0 Å². The van der Waals surface area contributed by atoms with Gasteiger partial charge in [0.1, 0.15) is 0 Å². The molecule has 0 bridgehead atoms. The summed E-state index contributed by atoms with van der Waals surface area (Å²) in [5, 5.41) is 17.4. The number of benzene rings is 1. The lowest BCUT2D eigenvalue weighted by atomic mass is 9.89. The second kappa shape index (κ2) is 6.50. The molecule has 2 N–H and O–H groups in total. The standard InChI is InChI=1S/C16H20ClN3O2/c1-16(2,3)14(21)9-18-15(22)11-8-19-20(10-11)13-6-4-5-12(17)7-13/h4-8,10,14,21H,9H2,1-3H3,(H,18,22). The molecule has 6 heteroatoms. The van der Waals surface area contributed by atoms with Gasteiger partial charge in [-0.1, -0.05) is 38.4 Å². The molecule has 0 aliphatic heterocycles. The van der Waals surface area contributed by atoms with Gasteiger partial charge < -0.3 is 10.4 Å². The third-order valence-electron chi connectivity index (χ3n) is 3.37. The molecule has 0 fully saturated rings. The van der Waals surface area contributed by atoms with Crippen LogP contribution in [0.3, 0.4) is 0 Å². The first-order chi connectivity index (χ1) is 10.3. The number of hydrogen-bond donors (Lipinski definition) is 2. The predicted octanol–water partition coefficient (Wildman–Crippen LogP) is 2.66. The number of aromatic nitrogens is 2. The van der Waals surface area contributed by atoms with Crippen molar-refractivity contribution in [2.75, 3.05) is 6.54 Å². The molecular weight excluding hydrogens is 302 g/mol. The van der Waals surface area contributed by atoms with E-state index in [1.807, 2.05) is 32.9 Å². The van der Waals surface area contributed by atoms with Gasteiger partial charge >= 0.3 is 0 Å². The van der Waals surface area contributed by atoms with Crippen molar-refractivity contribution >= 4 is 17.5 Å². The number of nitrogens with one attached hydrogen (secondary N) is 1. The molecular formula is C16H20ClN3O2. The lowest BCUT2D eigenvalue weighted by Gasteiger charge is -2.25. The van der Waals surface area contributed by atoms with Gasteiger partial charge in [0.25, 0.3) is 5.91 Å². The summed E-state index contributed by atoms with van der Waals surface area (Å²) in [6.45, 7) is 5.95. The number of aliphatic hydroxyl groups is 1. The number of carbonyl (C=O) groups is 1. The summed E-state index contributed by atoms with van der Waals surface area (Å²) in [4.78, 5) is 12.1. The van der Waals surface area contributed by atoms with Gasteiger partial charge in [-0.05, 0) is 23.6 Å². The van der Waals surface area contributed by atoms with Gasteiger partial charge in [-0.3, -0.25) is 4.79 Å². The van der Waals surface area contributed by atoms with Crippen molar-refractivity contribution in [3.8, 4) is 5.69 Å². The Hall–Kier alpha value is -1.85. The van der Waals surface area contributed by atoms with E-state index in [2.05, 4.69) is 10.4 Å². The molecule has 1 heterocycles. The second-order valence-electron chi connectivity index (χ2n) is 6.25. The maximum absolute atomic E-state index is 12.1. The molecule has 0 saturated carbocycles. The summed E-state index contributed by atoms with van der Waals surface area (Å²) in [5.74, 6) is -0.267. The number of hydrogen-bond acceptors (Lipinski definition) is 3. The molecule has 0 aliphatic carbocycles. The number of nitrogens with zero attached hydrogens (tertiary/aromatic N) is 2. The van der Waals surface area contributed by atoms with E-state index in [-0.39, 0.29) is 17.9 Å². The summed E-state index contributed by atoms with van der Waals surface area (Å²) in [6, 6.07) is 7.21. The van der Waals surface area contributed by atoms with E-state index in [4.69, 9.17) is 11.6 Å². The Morgan fingerprint density at radius 1 is 1.45 bits per heavy atom. The van der Waals surface area contributed by atoms with Crippen LogP contribution in [0.2, 0.25) is 5.02 Å². The molecule has 5 nitrogen and oxygen atoms in total. The van der Waals surface area contributed by atoms with Crippen molar-refractivity contribution in [2.45, 2.75) is 26.9 Å². The highest BCUT2D eigenvalue weighted by atomic mass is 35.5. The van der Waals surface area contributed by atoms with Crippen LogP contribution in [0.15, 0.2) is 36.7 Å². The Kier molecular flexibility index (Phi) is 4.88. The Balaban J connectivity index is 2.04. The molecule has 1 aromatic heterocycles. The van der Waals surface area contributed by atoms with Crippen LogP contribution in [0, 0.1) is 5.41 Å². The topological polar surface area (TPSA) is 67.2 Å². The second-order valence-corrected chi connectivity index (χ2v) is 6.68. The Labute approximate surface area is 134 Å². The number of carbonyl (C=O) groups excluding carboxylic acids is 1. The average Bonchev–Trinajstić information content (AvgIpc) is 2.93. The number of aliphatic hydroxyl groups excluding tert-OH is 1. The van der Waals surface area contributed by atoms with Crippen molar-refractivity contribution in [3.05, 3.63) is 47.2 Å². The zero-order valence-corrected chi connectivity index (χ0v) is 13.6. The van der Waals surface area contributed by atoms with Crippen LogP contribution in [0.5, 0.6) is 0 Å². The van der Waals surface area contributed by atoms with Crippen LogP contribution in [0.25, 0.3) is 5.69 Å². The molecule has 118 valence electrons. The van der Waals surface area contributed by atoms with Gasteiger partial charge in [-0.25, -0.2) is 4.68 Å². The smallest absolute Gasteiger partial charge is 0.254 e. The third-order valence-corrected chi connectivity index (χ3v) is 3.61. The highest BCUT2D eigenvalue weighted by molar-refractivity contribution is 6.30. The van der Waals surface area contributed by atoms with Crippen molar-refractivity contribution in [1.82, 2.24) is 15.1 Å². The van der Waals surface area contributed by atoms with Crippen LogP contribution in [-0.4, -0.2) is 33.4 Å². The minimum Gasteiger partial charge on any atom is -0.391 e. The maximum atomic E-state index is 12.1. The van der Waals surface area contributed by atoms with Crippen LogP contribution in [0.1, 0.15) is 31.1 Å². The molecule has 0 spiro atoms. The molecule has 0 aliphatic rings. The fraction of sp³-hybridized carbons (Fsp3) is 0.375. The number of rotatable bonds is 4. The normalized spacial score (nSPS) is 13.0. The fourth-order valence-electron chi connectivity index (χ4n) is 1.80. The van der Waals surface area contributed by atoms with E-state index in [9.17, 15) is 9.90 Å². The molecule has 1 atom stereocenters. The average molecular weight is 322 g/mol. The summed E-state index contributed by atoms with van der Waals surface area (Å²) >= 11 is 5.94. The van der Waals surface area contributed by atoms with E-state index in [1.54, 1.807) is 23.0 Å². The zero-order chi connectivity index (χ0) is 16.3. The summed E-state index contributed by atoms with van der Waals surface area (Å²) in [7, 11) is 0. The highest BCUT2D eigenvalue weighted by Crippen LogP contribution is 2.18. The first-order valence-corrected chi connectivity index (χ1v) is 7.42. The molecule has 0 saturated heterocycles. The summed E-state index contributed by atoms with van der Waals surface area (Å²) in [6.07, 6.45) is 2.50. The van der Waals surface area contributed by atoms with Gasteiger partial charge in [0, 0.05) is 17.8 Å². The number of amides is 1. The van der Waals surface area contributed by atoms with Crippen molar-refractivity contribution in [3.63, 3.8) is 0 Å². The van der Waals surface area contributed by atoms with Gasteiger partial charge in [-0.15, -0.1) is 0 Å². The first kappa shape index (κ1) is 16.5.